The van der Waals surface area contributed by atoms with Gasteiger partial charge in [-0.05, 0) is 45.0 Å². The summed E-state index contributed by atoms with van der Waals surface area (Å²) in [5.41, 5.74) is 7.94. The highest BCUT2D eigenvalue weighted by Gasteiger charge is 2.08. The Morgan fingerprint density at radius 2 is 1.83 bits per heavy atom. The van der Waals surface area contributed by atoms with Gasteiger partial charge in [-0.1, -0.05) is 0 Å². The van der Waals surface area contributed by atoms with Gasteiger partial charge in [0.25, 0.3) is 0 Å². The first-order chi connectivity index (χ1) is 8.58. The highest BCUT2D eigenvalue weighted by molar-refractivity contribution is 5.39. The van der Waals surface area contributed by atoms with Crippen molar-refractivity contribution in [2.24, 2.45) is 5.73 Å². The molecule has 1 atom stereocenters. The van der Waals surface area contributed by atoms with E-state index in [0.29, 0.717) is 0 Å². The number of aromatic nitrogens is 2. The molecule has 0 bridgehead atoms. The Hall–Kier alpha value is -1.81. The zero-order valence-corrected chi connectivity index (χ0v) is 11.0. The molecule has 1 aromatic carbocycles. The highest BCUT2D eigenvalue weighted by atomic mass is 16.5. The SMILES string of the molecule is CC(C)Oc1ccc(-n2cncc2[C@@H](C)N)cc1. The fourth-order valence-electron chi connectivity index (χ4n) is 1.82. The molecule has 0 aliphatic heterocycles. The minimum atomic E-state index is -0.0425. The van der Waals surface area contributed by atoms with Gasteiger partial charge in [-0.15, -0.1) is 0 Å². The lowest BCUT2D eigenvalue weighted by atomic mass is 10.2. The van der Waals surface area contributed by atoms with Crippen molar-refractivity contribution in [3.63, 3.8) is 0 Å². The maximum Gasteiger partial charge on any atom is 0.119 e. The van der Waals surface area contributed by atoms with Crippen LogP contribution in [0.1, 0.15) is 32.5 Å². The van der Waals surface area contributed by atoms with Crippen LogP contribution in [0, 0.1) is 0 Å². The summed E-state index contributed by atoms with van der Waals surface area (Å²) in [4.78, 5) is 4.14. The largest absolute Gasteiger partial charge is 0.491 e. The molecule has 0 saturated carbocycles. The van der Waals surface area contributed by atoms with E-state index in [-0.39, 0.29) is 12.1 Å². The molecule has 0 spiro atoms. The van der Waals surface area contributed by atoms with E-state index in [1.165, 1.54) is 0 Å². The molecular weight excluding hydrogens is 226 g/mol. The van der Waals surface area contributed by atoms with Crippen LogP contribution < -0.4 is 10.5 Å². The smallest absolute Gasteiger partial charge is 0.119 e. The van der Waals surface area contributed by atoms with E-state index in [9.17, 15) is 0 Å². The summed E-state index contributed by atoms with van der Waals surface area (Å²) >= 11 is 0. The van der Waals surface area contributed by atoms with Gasteiger partial charge in [0.2, 0.25) is 0 Å². The first-order valence-electron chi connectivity index (χ1n) is 6.13. The first kappa shape index (κ1) is 12.6. The minimum Gasteiger partial charge on any atom is -0.491 e. The van der Waals surface area contributed by atoms with E-state index in [2.05, 4.69) is 4.98 Å². The van der Waals surface area contributed by atoms with Crippen LogP contribution in [0.3, 0.4) is 0 Å². The average Bonchev–Trinajstić information content (AvgIpc) is 2.78. The fourth-order valence-corrected chi connectivity index (χ4v) is 1.82. The maximum atomic E-state index is 5.91. The molecule has 0 fully saturated rings. The van der Waals surface area contributed by atoms with Crippen molar-refractivity contribution in [1.82, 2.24) is 9.55 Å². The quantitative estimate of drug-likeness (QED) is 0.901. The van der Waals surface area contributed by atoms with Crippen molar-refractivity contribution in [2.75, 3.05) is 0 Å². The molecule has 1 aromatic heterocycles. The summed E-state index contributed by atoms with van der Waals surface area (Å²) in [7, 11) is 0. The van der Waals surface area contributed by atoms with Crippen LogP contribution in [0.4, 0.5) is 0 Å². The molecule has 0 amide bonds. The van der Waals surface area contributed by atoms with Gasteiger partial charge >= 0.3 is 0 Å². The second-order valence-electron chi connectivity index (χ2n) is 4.64. The van der Waals surface area contributed by atoms with Gasteiger partial charge in [0, 0.05) is 11.7 Å². The second kappa shape index (κ2) is 5.23. The number of hydrogen-bond acceptors (Lipinski definition) is 3. The standard InChI is InChI=1S/C14H19N3O/c1-10(2)18-13-6-4-12(5-7-13)17-9-16-8-14(17)11(3)15/h4-11H,15H2,1-3H3/t11-/m1/s1. The minimum absolute atomic E-state index is 0.0425. The molecule has 4 heteroatoms. The van der Waals surface area contributed by atoms with Crippen LogP contribution >= 0.6 is 0 Å². The average molecular weight is 245 g/mol. The molecule has 2 N–H and O–H groups in total. The third-order valence-electron chi connectivity index (χ3n) is 2.62. The molecule has 96 valence electrons. The van der Waals surface area contributed by atoms with E-state index >= 15 is 0 Å². The Kier molecular flexibility index (Phi) is 3.67. The van der Waals surface area contributed by atoms with E-state index in [4.69, 9.17) is 10.5 Å². The van der Waals surface area contributed by atoms with Gasteiger partial charge in [0.05, 0.1) is 24.3 Å². The molecule has 2 aromatic rings. The molecule has 0 aliphatic rings. The number of rotatable bonds is 4. The van der Waals surface area contributed by atoms with Crippen LogP contribution in [0.15, 0.2) is 36.8 Å². The number of nitrogens with zero attached hydrogens (tertiary/aromatic N) is 2. The second-order valence-corrected chi connectivity index (χ2v) is 4.64. The zero-order valence-electron chi connectivity index (χ0n) is 11.0. The van der Waals surface area contributed by atoms with Gasteiger partial charge < -0.3 is 15.0 Å². The third kappa shape index (κ3) is 2.71. The molecule has 0 unspecified atom stereocenters. The van der Waals surface area contributed by atoms with Crippen LogP contribution in [0.2, 0.25) is 0 Å². The summed E-state index contributed by atoms with van der Waals surface area (Å²) in [6.07, 6.45) is 3.75. The number of imidazole rings is 1. The lowest BCUT2D eigenvalue weighted by Gasteiger charge is -2.13. The van der Waals surface area contributed by atoms with Crippen LogP contribution in [0.25, 0.3) is 5.69 Å². The molecule has 0 radical (unpaired) electrons. The van der Waals surface area contributed by atoms with Crippen molar-refractivity contribution in [3.05, 3.63) is 42.5 Å². The van der Waals surface area contributed by atoms with Gasteiger partial charge in [0.1, 0.15) is 5.75 Å². The Bertz CT molecular complexity index is 500. The van der Waals surface area contributed by atoms with Crippen LogP contribution in [0.5, 0.6) is 5.75 Å². The fraction of sp³-hybridized carbons (Fsp3) is 0.357. The van der Waals surface area contributed by atoms with Gasteiger partial charge in [0.15, 0.2) is 0 Å². The number of nitrogens with two attached hydrogens (primary N) is 1. The summed E-state index contributed by atoms with van der Waals surface area (Å²) < 4.78 is 7.60. The molecule has 0 aliphatic carbocycles. The summed E-state index contributed by atoms with van der Waals surface area (Å²) in [5, 5.41) is 0. The molecule has 0 saturated heterocycles. The van der Waals surface area contributed by atoms with Crippen LogP contribution in [-0.4, -0.2) is 15.7 Å². The number of ether oxygens (including phenoxy) is 1. The molecule has 2 rings (SSSR count). The maximum absolute atomic E-state index is 5.91. The lowest BCUT2D eigenvalue weighted by Crippen LogP contribution is -2.10. The van der Waals surface area contributed by atoms with Crippen molar-refractivity contribution < 1.29 is 4.74 Å². The van der Waals surface area contributed by atoms with Crippen molar-refractivity contribution in [1.29, 1.82) is 0 Å². The number of hydrogen-bond donors (Lipinski definition) is 1. The van der Waals surface area contributed by atoms with E-state index in [1.807, 2.05) is 49.6 Å². The van der Waals surface area contributed by atoms with Crippen LogP contribution in [-0.2, 0) is 0 Å². The molecule has 1 heterocycles. The van der Waals surface area contributed by atoms with Crippen molar-refractivity contribution in [2.45, 2.75) is 32.9 Å². The summed E-state index contributed by atoms with van der Waals surface area (Å²) in [6, 6.07) is 7.89. The Morgan fingerprint density at radius 1 is 1.17 bits per heavy atom. The Morgan fingerprint density at radius 3 is 2.39 bits per heavy atom. The first-order valence-corrected chi connectivity index (χ1v) is 6.13. The molecule has 4 nitrogen and oxygen atoms in total. The predicted octanol–water partition coefficient (Wildman–Crippen LogP) is 2.68. The molecule has 18 heavy (non-hydrogen) atoms. The van der Waals surface area contributed by atoms with Gasteiger partial charge in [-0.25, -0.2) is 4.98 Å². The zero-order chi connectivity index (χ0) is 13.1. The normalized spacial score (nSPS) is 12.7. The summed E-state index contributed by atoms with van der Waals surface area (Å²) in [5.74, 6) is 0.871. The van der Waals surface area contributed by atoms with Gasteiger partial charge in [-0.2, -0.15) is 0 Å². The topological polar surface area (TPSA) is 53.1 Å². The Labute approximate surface area is 107 Å². The number of benzene rings is 1. The van der Waals surface area contributed by atoms with E-state index in [0.717, 1.165) is 17.1 Å². The highest BCUT2D eigenvalue weighted by Crippen LogP contribution is 2.19. The van der Waals surface area contributed by atoms with Crippen molar-refractivity contribution >= 4 is 0 Å². The van der Waals surface area contributed by atoms with Gasteiger partial charge in [-0.3, -0.25) is 0 Å². The van der Waals surface area contributed by atoms with E-state index in [1.54, 1.807) is 12.5 Å². The Balaban J connectivity index is 2.26. The van der Waals surface area contributed by atoms with E-state index < -0.39 is 0 Å². The molecular formula is C14H19N3O. The van der Waals surface area contributed by atoms with Crippen molar-refractivity contribution in [3.8, 4) is 11.4 Å². The third-order valence-corrected chi connectivity index (χ3v) is 2.62. The summed E-state index contributed by atoms with van der Waals surface area (Å²) in [6.45, 7) is 5.97. The lowest BCUT2D eigenvalue weighted by molar-refractivity contribution is 0.242. The predicted molar refractivity (Wildman–Crippen MR) is 71.9 cm³/mol. The monoisotopic (exact) mass is 245 g/mol.